The average Bonchev–Trinajstić information content (AvgIpc) is 3.09. The molecule has 0 radical (unpaired) electrons. The van der Waals surface area contributed by atoms with Crippen LogP contribution in [0.3, 0.4) is 0 Å². The Balaban J connectivity index is 1.66. The lowest BCUT2D eigenvalue weighted by Crippen LogP contribution is -2.42. The molecular weight excluding hydrogens is 464 g/mol. The zero-order valence-corrected chi connectivity index (χ0v) is 20.6. The molecule has 9 heteroatoms. The molecular formula is C24H27ClN2O5S. The highest BCUT2D eigenvalue weighted by atomic mass is 35.5. The van der Waals surface area contributed by atoms with Crippen molar-refractivity contribution in [2.24, 2.45) is 11.8 Å². The fourth-order valence-electron chi connectivity index (χ4n) is 4.49. The largest absolute Gasteiger partial charge is 0.495 e. The molecule has 176 valence electrons. The van der Waals surface area contributed by atoms with Crippen LogP contribution in [0, 0.1) is 18.8 Å². The normalized spacial score (nSPS) is 19.5. The smallest absolute Gasteiger partial charge is 0.291 e. The SMILES string of the molecule is COc1ccc(Cl)cc1NC(=O)c1oc2ccc(S(=O)(=O)N3C[C@H](C)C[C@H](C)C3)cc2c1C. The molecule has 0 aliphatic carbocycles. The molecule has 1 fully saturated rings. The minimum atomic E-state index is -3.65. The van der Waals surface area contributed by atoms with Crippen molar-refractivity contribution in [1.29, 1.82) is 0 Å². The van der Waals surface area contributed by atoms with E-state index in [1.54, 1.807) is 41.6 Å². The van der Waals surface area contributed by atoms with Crippen molar-refractivity contribution in [3.8, 4) is 5.75 Å². The van der Waals surface area contributed by atoms with Crippen molar-refractivity contribution in [3.63, 3.8) is 0 Å². The van der Waals surface area contributed by atoms with Crippen molar-refractivity contribution in [1.82, 2.24) is 4.31 Å². The molecule has 0 unspecified atom stereocenters. The number of hydrogen-bond donors (Lipinski definition) is 1. The van der Waals surface area contributed by atoms with Crippen LogP contribution in [0.5, 0.6) is 5.75 Å². The van der Waals surface area contributed by atoms with E-state index in [1.165, 1.54) is 13.2 Å². The van der Waals surface area contributed by atoms with Crippen LogP contribution < -0.4 is 10.1 Å². The van der Waals surface area contributed by atoms with Crippen LogP contribution in [-0.4, -0.2) is 38.8 Å². The molecule has 1 N–H and O–H groups in total. The summed E-state index contributed by atoms with van der Waals surface area (Å²) >= 11 is 6.05. The second-order valence-electron chi connectivity index (χ2n) is 8.78. The Labute approximate surface area is 198 Å². The molecule has 1 aromatic heterocycles. The van der Waals surface area contributed by atoms with Crippen LogP contribution in [0.25, 0.3) is 11.0 Å². The second kappa shape index (κ2) is 9.00. The number of benzene rings is 2. The molecule has 0 saturated carbocycles. The van der Waals surface area contributed by atoms with E-state index < -0.39 is 15.9 Å². The molecule has 2 atom stereocenters. The summed E-state index contributed by atoms with van der Waals surface area (Å²) in [6, 6.07) is 9.62. The second-order valence-corrected chi connectivity index (χ2v) is 11.2. The highest BCUT2D eigenvalue weighted by Crippen LogP contribution is 2.33. The monoisotopic (exact) mass is 490 g/mol. The van der Waals surface area contributed by atoms with Crippen LogP contribution in [-0.2, 0) is 10.0 Å². The van der Waals surface area contributed by atoms with Gasteiger partial charge in [0.25, 0.3) is 5.91 Å². The molecule has 1 saturated heterocycles. The van der Waals surface area contributed by atoms with Crippen molar-refractivity contribution < 1.29 is 22.4 Å². The molecule has 1 amide bonds. The topological polar surface area (TPSA) is 88.8 Å². The molecule has 3 aromatic rings. The van der Waals surface area contributed by atoms with Crippen molar-refractivity contribution in [2.75, 3.05) is 25.5 Å². The number of nitrogens with one attached hydrogen (secondary N) is 1. The van der Waals surface area contributed by atoms with Gasteiger partial charge in [-0.2, -0.15) is 4.31 Å². The predicted molar refractivity (Wildman–Crippen MR) is 129 cm³/mol. The number of furan rings is 1. The number of anilines is 1. The number of halogens is 1. The third kappa shape index (κ3) is 4.60. The molecule has 1 aliphatic heterocycles. The number of rotatable bonds is 5. The zero-order chi connectivity index (χ0) is 23.9. The van der Waals surface area contributed by atoms with Crippen molar-refractivity contribution >= 4 is 44.2 Å². The fraction of sp³-hybridized carbons (Fsp3) is 0.375. The van der Waals surface area contributed by atoms with Gasteiger partial charge in [0, 0.05) is 29.1 Å². The number of piperidine rings is 1. The van der Waals surface area contributed by atoms with E-state index in [-0.39, 0.29) is 10.7 Å². The number of aryl methyl sites for hydroxylation is 1. The number of hydrogen-bond acceptors (Lipinski definition) is 5. The number of carbonyl (C=O) groups is 1. The summed E-state index contributed by atoms with van der Waals surface area (Å²) in [5.74, 6) is 0.692. The molecule has 0 bridgehead atoms. The number of sulfonamides is 1. The van der Waals surface area contributed by atoms with E-state index in [2.05, 4.69) is 19.2 Å². The number of amides is 1. The van der Waals surface area contributed by atoms with E-state index in [4.69, 9.17) is 20.8 Å². The quantitative estimate of drug-likeness (QED) is 0.522. The van der Waals surface area contributed by atoms with Crippen molar-refractivity contribution in [2.45, 2.75) is 32.1 Å². The summed E-state index contributed by atoms with van der Waals surface area (Å²) in [5, 5.41) is 3.79. The zero-order valence-electron chi connectivity index (χ0n) is 19.0. The fourth-order valence-corrected chi connectivity index (χ4v) is 6.36. The van der Waals surface area contributed by atoms with E-state index in [0.717, 1.165) is 6.42 Å². The van der Waals surface area contributed by atoms with Crippen LogP contribution >= 0.6 is 11.6 Å². The lowest BCUT2D eigenvalue weighted by molar-refractivity contribution is 0.0997. The van der Waals surface area contributed by atoms with Gasteiger partial charge in [0.15, 0.2) is 5.76 Å². The van der Waals surface area contributed by atoms with Gasteiger partial charge in [0.05, 0.1) is 17.7 Å². The summed E-state index contributed by atoms with van der Waals surface area (Å²) in [6.45, 7) is 6.88. The van der Waals surface area contributed by atoms with Gasteiger partial charge >= 0.3 is 0 Å². The van der Waals surface area contributed by atoms with Gasteiger partial charge in [0.1, 0.15) is 11.3 Å². The number of fused-ring (bicyclic) bond motifs is 1. The van der Waals surface area contributed by atoms with Crippen LogP contribution in [0.15, 0.2) is 45.7 Å². The molecule has 4 rings (SSSR count). The first-order valence-electron chi connectivity index (χ1n) is 10.8. The van der Waals surface area contributed by atoms with Gasteiger partial charge in [-0.15, -0.1) is 0 Å². The third-order valence-corrected chi connectivity index (χ3v) is 8.06. The summed E-state index contributed by atoms with van der Waals surface area (Å²) < 4.78 is 39.2. The summed E-state index contributed by atoms with van der Waals surface area (Å²) in [4.78, 5) is 13.2. The van der Waals surface area contributed by atoms with Gasteiger partial charge in [-0.25, -0.2) is 8.42 Å². The Hall–Kier alpha value is -2.55. The Kier molecular flexibility index (Phi) is 6.44. The average molecular weight is 491 g/mol. The Bertz CT molecular complexity index is 1310. The standard InChI is InChI=1S/C24H27ClN2O5S/c1-14-9-15(2)13-27(12-14)33(29,30)18-6-8-21-19(11-18)16(3)23(32-21)24(28)26-20-10-17(25)5-7-22(20)31-4/h5-8,10-11,14-15H,9,12-13H2,1-4H3,(H,26,28)/t14-,15+. The van der Waals surface area contributed by atoms with E-state index in [9.17, 15) is 13.2 Å². The first-order valence-corrected chi connectivity index (χ1v) is 12.6. The molecule has 7 nitrogen and oxygen atoms in total. The highest BCUT2D eigenvalue weighted by molar-refractivity contribution is 7.89. The maximum absolute atomic E-state index is 13.3. The van der Waals surface area contributed by atoms with Gasteiger partial charge < -0.3 is 14.5 Å². The Morgan fingerprint density at radius 1 is 1.15 bits per heavy atom. The number of ether oxygens (including phenoxy) is 1. The van der Waals surface area contributed by atoms with E-state index in [0.29, 0.717) is 57.9 Å². The summed E-state index contributed by atoms with van der Waals surface area (Å²) in [7, 11) is -2.15. The molecule has 2 heterocycles. The number of methoxy groups -OCH3 is 1. The molecule has 2 aromatic carbocycles. The Morgan fingerprint density at radius 3 is 2.52 bits per heavy atom. The van der Waals surface area contributed by atoms with Crippen LogP contribution in [0.1, 0.15) is 36.4 Å². The van der Waals surface area contributed by atoms with Crippen LogP contribution in [0.4, 0.5) is 5.69 Å². The van der Waals surface area contributed by atoms with Gasteiger partial charge in [0.2, 0.25) is 10.0 Å². The first-order chi connectivity index (χ1) is 15.6. The molecule has 33 heavy (non-hydrogen) atoms. The molecule has 1 aliphatic rings. The minimum absolute atomic E-state index is 0.0989. The maximum atomic E-state index is 13.3. The first kappa shape index (κ1) is 23.6. The number of carbonyl (C=O) groups excluding carboxylic acids is 1. The van der Waals surface area contributed by atoms with Crippen LogP contribution in [0.2, 0.25) is 5.02 Å². The summed E-state index contributed by atoms with van der Waals surface area (Å²) in [5.41, 5.74) is 1.41. The van der Waals surface area contributed by atoms with E-state index >= 15 is 0 Å². The van der Waals surface area contributed by atoms with Gasteiger partial charge in [-0.3, -0.25) is 4.79 Å². The minimum Gasteiger partial charge on any atom is -0.495 e. The summed E-state index contributed by atoms with van der Waals surface area (Å²) in [6.07, 6.45) is 1.02. The van der Waals surface area contributed by atoms with Gasteiger partial charge in [-0.05, 0) is 61.6 Å². The van der Waals surface area contributed by atoms with Crippen molar-refractivity contribution in [3.05, 3.63) is 52.7 Å². The Morgan fingerprint density at radius 2 is 1.85 bits per heavy atom. The predicted octanol–water partition coefficient (Wildman–Crippen LogP) is 5.32. The van der Waals surface area contributed by atoms with E-state index in [1.807, 2.05) is 0 Å². The number of nitrogens with zero attached hydrogens (tertiary/aromatic N) is 1. The molecule has 0 spiro atoms. The highest BCUT2D eigenvalue weighted by Gasteiger charge is 2.32. The third-order valence-electron chi connectivity index (χ3n) is 6.00. The van der Waals surface area contributed by atoms with Gasteiger partial charge in [-0.1, -0.05) is 25.4 Å². The lowest BCUT2D eigenvalue weighted by atomic mass is 9.94. The lowest BCUT2D eigenvalue weighted by Gasteiger charge is -2.34. The maximum Gasteiger partial charge on any atom is 0.291 e.